The van der Waals surface area contributed by atoms with Crippen LogP contribution in [0.1, 0.15) is 0 Å². The average Bonchev–Trinajstić information content (AvgIpc) is 4.01. The van der Waals surface area contributed by atoms with E-state index in [-0.39, 0.29) is 0 Å². The Morgan fingerprint density at radius 2 is 0.889 bits per heavy atom. The molecular weight excluding hydrogens is 769 g/mol. The number of rotatable bonds is 4. The van der Waals surface area contributed by atoms with Crippen LogP contribution in [0, 0.1) is 0 Å². The first-order valence-electron chi connectivity index (χ1n) is 21.4. The van der Waals surface area contributed by atoms with Crippen molar-refractivity contribution >= 4 is 98.1 Å². The quantitative estimate of drug-likeness (QED) is 0.167. The smallest absolute Gasteiger partial charge is 0.159 e. The molecule has 0 radical (unpaired) electrons. The van der Waals surface area contributed by atoms with Crippen molar-refractivity contribution in [2.24, 2.45) is 0 Å². The minimum absolute atomic E-state index is 0.840. The zero-order chi connectivity index (χ0) is 41.2. The van der Waals surface area contributed by atoms with Gasteiger partial charge in [0.15, 0.2) is 5.58 Å². The molecule has 5 nitrogen and oxygen atoms in total. The van der Waals surface area contributed by atoms with Crippen LogP contribution < -0.4 is 0 Å². The monoisotopic (exact) mass is 802 g/mol. The summed E-state index contributed by atoms with van der Waals surface area (Å²) in [6, 6.07) is 71.5. The zero-order valence-electron chi connectivity index (χ0n) is 33.8. The Labute approximate surface area is 360 Å². The second-order valence-electron chi connectivity index (χ2n) is 16.5. The molecular formula is C58H34N4O. The van der Waals surface area contributed by atoms with Crippen molar-refractivity contribution in [3.05, 3.63) is 206 Å². The van der Waals surface area contributed by atoms with Gasteiger partial charge in [-0.05, 0) is 58.8 Å². The summed E-state index contributed by atoms with van der Waals surface area (Å²) in [6.07, 6.45) is 1.93. The number of benzene rings is 10. The summed E-state index contributed by atoms with van der Waals surface area (Å²) in [5.41, 5.74) is 14.3. The molecule has 4 heterocycles. The molecule has 63 heavy (non-hydrogen) atoms. The van der Waals surface area contributed by atoms with Crippen molar-refractivity contribution in [1.29, 1.82) is 0 Å². The molecule has 0 saturated carbocycles. The predicted molar refractivity (Wildman–Crippen MR) is 261 cm³/mol. The van der Waals surface area contributed by atoms with Gasteiger partial charge in [-0.25, -0.2) is 4.98 Å². The Bertz CT molecular complexity index is 4180. The molecule has 0 spiro atoms. The van der Waals surface area contributed by atoms with Gasteiger partial charge in [-0.15, -0.1) is 0 Å². The van der Waals surface area contributed by atoms with Crippen LogP contribution >= 0.6 is 0 Å². The molecule has 0 saturated heterocycles. The molecule has 10 aromatic carbocycles. The fourth-order valence-corrected chi connectivity index (χ4v) is 10.4. The largest absolute Gasteiger partial charge is 0.453 e. The highest BCUT2D eigenvalue weighted by Crippen LogP contribution is 2.44. The maximum Gasteiger partial charge on any atom is 0.159 e. The van der Waals surface area contributed by atoms with Gasteiger partial charge in [0.1, 0.15) is 5.58 Å². The molecule has 0 fully saturated rings. The van der Waals surface area contributed by atoms with Crippen molar-refractivity contribution in [2.45, 2.75) is 0 Å². The van der Waals surface area contributed by atoms with Gasteiger partial charge in [0.05, 0.1) is 50.7 Å². The van der Waals surface area contributed by atoms with Gasteiger partial charge in [-0.1, -0.05) is 158 Å². The van der Waals surface area contributed by atoms with Gasteiger partial charge in [0, 0.05) is 59.9 Å². The van der Waals surface area contributed by atoms with E-state index in [1.807, 2.05) is 6.20 Å². The number of hydrogen-bond donors (Lipinski definition) is 0. The van der Waals surface area contributed by atoms with Crippen molar-refractivity contribution in [1.82, 2.24) is 19.1 Å². The van der Waals surface area contributed by atoms with Gasteiger partial charge in [0.2, 0.25) is 0 Å². The van der Waals surface area contributed by atoms with E-state index in [4.69, 9.17) is 14.4 Å². The molecule has 0 atom stereocenters. The lowest BCUT2D eigenvalue weighted by atomic mass is 9.99. The van der Waals surface area contributed by atoms with Gasteiger partial charge in [-0.2, -0.15) is 0 Å². The second kappa shape index (κ2) is 13.0. The van der Waals surface area contributed by atoms with Crippen molar-refractivity contribution in [3.63, 3.8) is 0 Å². The minimum Gasteiger partial charge on any atom is -0.453 e. The number of furan rings is 1. The van der Waals surface area contributed by atoms with E-state index in [0.29, 0.717) is 0 Å². The highest BCUT2D eigenvalue weighted by Gasteiger charge is 2.22. The third-order valence-electron chi connectivity index (χ3n) is 13.1. The van der Waals surface area contributed by atoms with Crippen LogP contribution in [-0.4, -0.2) is 19.1 Å². The van der Waals surface area contributed by atoms with Crippen LogP contribution in [0.5, 0.6) is 0 Å². The molecule has 14 rings (SSSR count). The van der Waals surface area contributed by atoms with Crippen LogP contribution in [0.3, 0.4) is 0 Å². The maximum absolute atomic E-state index is 6.99. The number of fused-ring (bicyclic) bond motifs is 15. The molecule has 0 amide bonds. The van der Waals surface area contributed by atoms with Gasteiger partial charge in [0.25, 0.3) is 0 Å². The third kappa shape index (κ3) is 4.87. The first-order valence-corrected chi connectivity index (χ1v) is 21.4. The van der Waals surface area contributed by atoms with Crippen LogP contribution in [0.25, 0.3) is 132 Å². The molecule has 14 aromatic rings. The topological polar surface area (TPSA) is 48.8 Å². The fraction of sp³-hybridized carbons (Fsp3) is 0. The van der Waals surface area contributed by atoms with E-state index in [2.05, 4.69) is 209 Å². The number of para-hydroxylation sites is 4. The van der Waals surface area contributed by atoms with Crippen LogP contribution in [0.15, 0.2) is 211 Å². The average molecular weight is 803 g/mol. The second-order valence-corrected chi connectivity index (χ2v) is 16.5. The lowest BCUT2D eigenvalue weighted by Gasteiger charge is -2.12. The van der Waals surface area contributed by atoms with Crippen molar-refractivity contribution in [3.8, 4) is 33.8 Å². The lowest BCUT2D eigenvalue weighted by molar-refractivity contribution is 0.667. The van der Waals surface area contributed by atoms with Crippen LogP contribution in [0.2, 0.25) is 0 Å². The highest BCUT2D eigenvalue weighted by molar-refractivity contribution is 6.23. The van der Waals surface area contributed by atoms with E-state index in [9.17, 15) is 0 Å². The Morgan fingerprint density at radius 1 is 0.349 bits per heavy atom. The van der Waals surface area contributed by atoms with E-state index >= 15 is 0 Å². The van der Waals surface area contributed by atoms with Gasteiger partial charge >= 0.3 is 0 Å². The predicted octanol–water partition coefficient (Wildman–Crippen LogP) is 15.4. The molecule has 0 N–H and O–H groups in total. The van der Waals surface area contributed by atoms with Gasteiger partial charge in [-0.3, -0.25) is 4.98 Å². The summed E-state index contributed by atoms with van der Waals surface area (Å²) >= 11 is 0. The Hall–Kier alpha value is -8.54. The molecule has 0 unspecified atom stereocenters. The molecule has 0 aliphatic heterocycles. The van der Waals surface area contributed by atoms with E-state index in [0.717, 1.165) is 99.6 Å². The van der Waals surface area contributed by atoms with Crippen molar-refractivity contribution in [2.75, 3.05) is 0 Å². The third-order valence-corrected chi connectivity index (χ3v) is 13.1. The summed E-state index contributed by atoms with van der Waals surface area (Å²) in [6.45, 7) is 0. The van der Waals surface area contributed by atoms with Crippen molar-refractivity contribution < 1.29 is 4.42 Å². The van der Waals surface area contributed by atoms with Gasteiger partial charge < -0.3 is 13.6 Å². The zero-order valence-corrected chi connectivity index (χ0v) is 33.8. The molecule has 0 aliphatic rings. The van der Waals surface area contributed by atoms with E-state index in [1.54, 1.807) is 0 Å². The maximum atomic E-state index is 6.99. The molecule has 0 bridgehead atoms. The SMILES string of the molecule is c1ccc(-c2cccc3c2oc2c(-n4c5ccccc5c5cc6c(cc54)c4ccccc4n6-c4cccc(-c5cnc6c7ccccc7c7ccccc7c6n5)c4)cccc23)cc1. The molecule has 292 valence electrons. The number of hydrogen-bond acceptors (Lipinski definition) is 3. The first-order chi connectivity index (χ1) is 31.3. The summed E-state index contributed by atoms with van der Waals surface area (Å²) in [5.74, 6) is 0. The number of aromatic nitrogens is 4. The summed E-state index contributed by atoms with van der Waals surface area (Å²) in [4.78, 5) is 10.4. The summed E-state index contributed by atoms with van der Waals surface area (Å²) in [7, 11) is 0. The lowest BCUT2D eigenvalue weighted by Crippen LogP contribution is -1.96. The summed E-state index contributed by atoms with van der Waals surface area (Å²) < 4.78 is 11.8. The van der Waals surface area contributed by atoms with Crippen LogP contribution in [0.4, 0.5) is 0 Å². The Kier molecular flexibility index (Phi) is 7.05. The molecule has 4 aromatic heterocycles. The fourth-order valence-electron chi connectivity index (χ4n) is 10.4. The van der Waals surface area contributed by atoms with Crippen LogP contribution in [-0.2, 0) is 0 Å². The summed E-state index contributed by atoms with van der Waals surface area (Å²) in [5, 5.41) is 11.5. The highest BCUT2D eigenvalue weighted by atomic mass is 16.3. The van der Waals surface area contributed by atoms with E-state index in [1.165, 1.54) is 32.3 Å². The molecule has 0 aliphatic carbocycles. The normalized spacial score (nSPS) is 12.1. The Morgan fingerprint density at radius 3 is 1.62 bits per heavy atom. The molecule has 5 heteroatoms. The van der Waals surface area contributed by atoms with E-state index < -0.39 is 0 Å². The Balaban J connectivity index is 0.989. The number of nitrogens with zero attached hydrogens (tertiary/aromatic N) is 4. The minimum atomic E-state index is 0.840. The standard InChI is InChI=1S/C58H34N4O/c1-2-15-35(16-3-1)38-25-13-26-45-46-27-14-30-52(58(46)63-57(38)45)62-51-29-11-9-22-42(51)48-32-53-47(33-54(48)62)41-21-8-10-28-50(41)61(53)37-18-12-17-36(31-37)49-34-59-55-43-23-6-4-19-39(43)40-20-5-7-24-44(40)56(55)60-49/h1-34H. The first kappa shape index (κ1) is 34.2.